The molecule has 0 aromatic heterocycles. The second-order valence-corrected chi connectivity index (χ2v) is 6.87. The maximum atomic E-state index is 10.8. The van der Waals surface area contributed by atoms with Crippen molar-refractivity contribution >= 4 is 52.4 Å². The second-order valence-electron chi connectivity index (χ2n) is 5.05. The minimum Gasteiger partial charge on any atom is -0.490 e. The van der Waals surface area contributed by atoms with Gasteiger partial charge in [-0.25, -0.2) is 4.79 Å². The van der Waals surface area contributed by atoms with E-state index in [2.05, 4.69) is 0 Å². The van der Waals surface area contributed by atoms with Crippen molar-refractivity contribution in [2.45, 2.75) is 0 Å². The summed E-state index contributed by atoms with van der Waals surface area (Å²) < 4.78 is 16.5. The van der Waals surface area contributed by atoms with Crippen LogP contribution in [0.15, 0.2) is 47.0 Å². The van der Waals surface area contributed by atoms with E-state index in [-0.39, 0.29) is 39.9 Å². The van der Waals surface area contributed by atoms with E-state index in [0.29, 0.717) is 17.2 Å². The van der Waals surface area contributed by atoms with Gasteiger partial charge in [0.2, 0.25) is 0 Å². The van der Waals surface area contributed by atoms with Crippen molar-refractivity contribution in [2.24, 2.45) is 0 Å². The molecule has 0 spiro atoms. The number of carboxylic acid groups (broad SMARTS) is 1. The monoisotopic (exact) mass is 450 g/mol. The van der Waals surface area contributed by atoms with Crippen LogP contribution >= 0.6 is 46.4 Å². The first-order valence-electron chi connectivity index (χ1n) is 7.59. The molecule has 0 radical (unpaired) electrons. The summed E-state index contributed by atoms with van der Waals surface area (Å²) in [6.45, 7) is 0.574. The largest absolute Gasteiger partial charge is 0.490 e. The van der Waals surface area contributed by atoms with Gasteiger partial charge in [-0.15, -0.1) is 0 Å². The maximum Gasteiger partial charge on any atom is 0.335 e. The summed E-state index contributed by atoms with van der Waals surface area (Å²) in [7, 11) is 0. The Morgan fingerprint density at radius 1 is 0.926 bits per heavy atom. The quantitative estimate of drug-likeness (QED) is 0.484. The summed E-state index contributed by atoms with van der Waals surface area (Å²) in [4.78, 5) is 10.8. The number of hydrogen-bond donors (Lipinski definition) is 1. The van der Waals surface area contributed by atoms with Crippen molar-refractivity contribution in [3.63, 3.8) is 0 Å². The minimum absolute atomic E-state index is 0.102. The number of ether oxygens (including phenoxy) is 3. The molecule has 0 saturated carbocycles. The third-order valence-corrected chi connectivity index (χ3v) is 4.03. The van der Waals surface area contributed by atoms with Crippen LogP contribution in [-0.2, 0) is 0 Å². The summed E-state index contributed by atoms with van der Waals surface area (Å²) in [6.07, 6.45) is 1.48. The lowest BCUT2D eigenvalue weighted by Crippen LogP contribution is -2.09. The minimum atomic E-state index is -0.997. The Hall–Kier alpha value is -1.79. The average molecular weight is 452 g/mol. The summed E-state index contributed by atoms with van der Waals surface area (Å²) in [6, 6.07) is 9.16. The molecule has 5 nitrogen and oxygen atoms in total. The van der Waals surface area contributed by atoms with Crippen molar-refractivity contribution in [2.75, 3.05) is 19.8 Å². The molecule has 9 heteroatoms. The van der Waals surface area contributed by atoms with Gasteiger partial charge in [0.1, 0.15) is 35.8 Å². The molecule has 144 valence electrons. The number of benzene rings is 2. The van der Waals surface area contributed by atoms with E-state index in [1.165, 1.54) is 18.2 Å². The van der Waals surface area contributed by atoms with Gasteiger partial charge in [-0.1, -0.05) is 46.4 Å². The Morgan fingerprint density at radius 3 is 2.07 bits per heavy atom. The van der Waals surface area contributed by atoms with Crippen LogP contribution in [0, 0.1) is 0 Å². The Kier molecular flexibility index (Phi) is 8.38. The van der Waals surface area contributed by atoms with Crippen LogP contribution in [0.2, 0.25) is 10.0 Å². The smallest absolute Gasteiger partial charge is 0.335 e. The fraction of sp³-hybridized carbons (Fsp3) is 0.167. The van der Waals surface area contributed by atoms with Crippen LogP contribution in [-0.4, -0.2) is 30.9 Å². The second kappa shape index (κ2) is 10.5. The van der Waals surface area contributed by atoms with Crippen molar-refractivity contribution < 1.29 is 24.1 Å². The van der Waals surface area contributed by atoms with Gasteiger partial charge in [0, 0.05) is 12.1 Å². The van der Waals surface area contributed by atoms with Crippen LogP contribution in [0.1, 0.15) is 10.4 Å². The molecule has 0 aliphatic rings. The highest BCUT2D eigenvalue weighted by Crippen LogP contribution is 2.37. The molecule has 0 saturated heterocycles. The number of aromatic carboxylic acids is 1. The van der Waals surface area contributed by atoms with Crippen LogP contribution in [0.5, 0.6) is 17.2 Å². The first kappa shape index (κ1) is 21.5. The Labute approximate surface area is 175 Å². The molecule has 0 heterocycles. The van der Waals surface area contributed by atoms with Crippen LogP contribution in [0.4, 0.5) is 0 Å². The molecule has 27 heavy (non-hydrogen) atoms. The van der Waals surface area contributed by atoms with E-state index in [1.54, 1.807) is 24.3 Å². The van der Waals surface area contributed by atoms with E-state index in [4.69, 9.17) is 65.7 Å². The highest BCUT2D eigenvalue weighted by atomic mass is 35.5. The molecule has 0 aliphatic heterocycles. The predicted octanol–water partition coefficient (Wildman–Crippen LogP) is 5.85. The lowest BCUT2D eigenvalue weighted by atomic mass is 10.2. The normalized spacial score (nSPS) is 10.2. The molecular formula is C18H14Cl4O5. The molecule has 0 bridgehead atoms. The van der Waals surface area contributed by atoms with Gasteiger partial charge < -0.3 is 19.3 Å². The zero-order valence-electron chi connectivity index (χ0n) is 13.8. The molecule has 1 N–H and O–H groups in total. The third-order valence-electron chi connectivity index (χ3n) is 3.16. The van der Waals surface area contributed by atoms with Gasteiger partial charge in [0.15, 0.2) is 5.75 Å². The van der Waals surface area contributed by atoms with Gasteiger partial charge in [0.05, 0.1) is 15.6 Å². The van der Waals surface area contributed by atoms with Gasteiger partial charge in [-0.05, 0) is 30.3 Å². The number of hydrogen-bond acceptors (Lipinski definition) is 4. The average Bonchev–Trinajstić information content (AvgIpc) is 2.60. The topological polar surface area (TPSA) is 65.0 Å². The first-order chi connectivity index (χ1) is 12.9. The molecule has 0 aliphatic carbocycles. The third kappa shape index (κ3) is 7.03. The van der Waals surface area contributed by atoms with Gasteiger partial charge in [-0.3, -0.25) is 0 Å². The van der Waals surface area contributed by atoms with E-state index >= 15 is 0 Å². The number of carbonyl (C=O) groups is 1. The SMILES string of the molecule is O=C(O)c1ccc(OCCOc2c(Cl)cc(OCC=C(Cl)Cl)cc2Cl)cc1. The number of halogens is 4. The fourth-order valence-corrected chi connectivity index (χ4v) is 2.66. The lowest BCUT2D eigenvalue weighted by Gasteiger charge is -2.13. The summed E-state index contributed by atoms with van der Waals surface area (Å²) in [5, 5.41) is 9.41. The van der Waals surface area contributed by atoms with Crippen LogP contribution < -0.4 is 14.2 Å². The Bertz CT molecular complexity index is 794. The zero-order chi connectivity index (χ0) is 19.8. The predicted molar refractivity (Wildman–Crippen MR) is 106 cm³/mol. The molecule has 0 amide bonds. The Morgan fingerprint density at radius 2 is 1.52 bits per heavy atom. The molecular weight excluding hydrogens is 438 g/mol. The Balaban J connectivity index is 1.86. The first-order valence-corrected chi connectivity index (χ1v) is 9.10. The van der Waals surface area contributed by atoms with Gasteiger partial charge >= 0.3 is 5.97 Å². The van der Waals surface area contributed by atoms with Crippen LogP contribution in [0.25, 0.3) is 0 Å². The van der Waals surface area contributed by atoms with Crippen molar-refractivity contribution in [1.29, 1.82) is 0 Å². The summed E-state index contributed by atoms with van der Waals surface area (Å²) in [5.41, 5.74) is 0.184. The maximum absolute atomic E-state index is 10.8. The van der Waals surface area contributed by atoms with Crippen LogP contribution in [0.3, 0.4) is 0 Å². The highest BCUT2D eigenvalue weighted by molar-refractivity contribution is 6.55. The van der Waals surface area contributed by atoms with E-state index in [1.807, 2.05) is 0 Å². The van der Waals surface area contributed by atoms with Crippen molar-refractivity contribution in [3.05, 3.63) is 62.6 Å². The molecule has 2 rings (SSSR count). The molecule has 0 fully saturated rings. The number of rotatable bonds is 9. The standard InChI is InChI=1S/C18H14Cl4O5/c19-14-9-13(25-6-5-16(21)22)10-15(20)17(14)27-8-7-26-12-3-1-11(2-4-12)18(23)24/h1-5,9-10H,6-8H2,(H,23,24). The van der Waals surface area contributed by atoms with E-state index in [0.717, 1.165) is 0 Å². The van der Waals surface area contributed by atoms with Gasteiger partial charge in [0.25, 0.3) is 0 Å². The van der Waals surface area contributed by atoms with Crippen molar-refractivity contribution in [3.8, 4) is 17.2 Å². The number of carboxylic acids is 1. The fourth-order valence-electron chi connectivity index (χ4n) is 1.96. The molecule has 2 aromatic rings. The molecule has 0 unspecified atom stereocenters. The summed E-state index contributed by atoms with van der Waals surface area (Å²) in [5.74, 6) is 0.276. The van der Waals surface area contributed by atoms with Gasteiger partial charge in [-0.2, -0.15) is 0 Å². The zero-order valence-corrected chi connectivity index (χ0v) is 16.8. The van der Waals surface area contributed by atoms with E-state index < -0.39 is 5.97 Å². The highest BCUT2D eigenvalue weighted by Gasteiger charge is 2.11. The summed E-state index contributed by atoms with van der Waals surface area (Å²) >= 11 is 23.3. The lowest BCUT2D eigenvalue weighted by molar-refractivity contribution is 0.0697. The molecule has 0 atom stereocenters. The van der Waals surface area contributed by atoms with E-state index in [9.17, 15) is 4.79 Å². The molecule has 2 aromatic carbocycles. The van der Waals surface area contributed by atoms with Crippen molar-refractivity contribution in [1.82, 2.24) is 0 Å².